The first-order valence-corrected chi connectivity index (χ1v) is 7.74. The van der Waals surface area contributed by atoms with E-state index in [4.69, 9.17) is 4.42 Å². The summed E-state index contributed by atoms with van der Waals surface area (Å²) in [6.07, 6.45) is 1.57. The quantitative estimate of drug-likeness (QED) is 0.858. The summed E-state index contributed by atoms with van der Waals surface area (Å²) in [6, 6.07) is 7.60. The van der Waals surface area contributed by atoms with Crippen LogP contribution in [0.4, 0.5) is 0 Å². The van der Waals surface area contributed by atoms with Crippen LogP contribution in [-0.4, -0.2) is 16.1 Å². The molecule has 5 nitrogen and oxygen atoms in total. The molecule has 0 saturated carbocycles. The minimum atomic E-state index is -0.351. The van der Waals surface area contributed by atoms with E-state index in [0.29, 0.717) is 22.9 Å². The maximum atomic E-state index is 12.1. The van der Waals surface area contributed by atoms with E-state index in [-0.39, 0.29) is 11.2 Å². The third-order valence-electron chi connectivity index (χ3n) is 3.10. The molecular formula is C16H17N3O2S. The number of carbonyl (C=O) groups is 1. The average Bonchev–Trinajstić information content (AvgIpc) is 2.97. The molecule has 0 spiro atoms. The topological polar surface area (TPSA) is 78.9 Å². The predicted molar refractivity (Wildman–Crippen MR) is 84.3 cm³/mol. The second-order valence-electron chi connectivity index (χ2n) is 4.93. The Morgan fingerprint density at radius 3 is 2.95 bits per heavy atom. The van der Waals surface area contributed by atoms with E-state index in [9.17, 15) is 10.1 Å². The van der Waals surface area contributed by atoms with Gasteiger partial charge in [0, 0.05) is 5.69 Å². The third-order valence-corrected chi connectivity index (χ3v) is 4.18. The minimum absolute atomic E-state index is 0.119. The van der Waals surface area contributed by atoms with Crippen molar-refractivity contribution in [1.29, 1.82) is 5.26 Å². The van der Waals surface area contributed by atoms with Gasteiger partial charge >= 0.3 is 0 Å². The summed E-state index contributed by atoms with van der Waals surface area (Å²) in [4.78, 5) is 16.5. The highest BCUT2D eigenvalue weighted by Crippen LogP contribution is 2.27. The molecule has 0 aromatic carbocycles. The van der Waals surface area contributed by atoms with Crippen molar-refractivity contribution in [2.45, 2.75) is 37.6 Å². The molecule has 1 amide bonds. The first kappa shape index (κ1) is 16.1. The maximum absolute atomic E-state index is 12.1. The fraction of sp³-hybridized carbons (Fsp3) is 0.312. The number of nitriles is 1. The van der Waals surface area contributed by atoms with Gasteiger partial charge in [-0.05, 0) is 44.5 Å². The molecule has 0 bridgehead atoms. The number of amides is 1. The molecule has 22 heavy (non-hydrogen) atoms. The minimum Gasteiger partial charge on any atom is -0.467 e. The molecule has 0 saturated heterocycles. The second-order valence-corrected chi connectivity index (χ2v) is 6.26. The molecule has 1 N–H and O–H groups in total. The highest BCUT2D eigenvalue weighted by atomic mass is 32.2. The van der Waals surface area contributed by atoms with Crippen LogP contribution in [0.3, 0.4) is 0 Å². The van der Waals surface area contributed by atoms with Crippen molar-refractivity contribution in [3.05, 3.63) is 47.0 Å². The predicted octanol–water partition coefficient (Wildman–Crippen LogP) is 2.96. The van der Waals surface area contributed by atoms with Crippen LogP contribution in [0.15, 0.2) is 33.9 Å². The molecule has 0 unspecified atom stereocenters. The molecule has 2 rings (SSSR count). The number of thioether (sulfide) groups is 1. The number of pyridine rings is 1. The molecule has 0 radical (unpaired) electrons. The number of hydrogen-bond donors (Lipinski definition) is 1. The van der Waals surface area contributed by atoms with E-state index in [0.717, 1.165) is 11.3 Å². The normalized spacial score (nSPS) is 11.7. The summed E-state index contributed by atoms with van der Waals surface area (Å²) in [5.41, 5.74) is 2.24. The summed E-state index contributed by atoms with van der Waals surface area (Å²) in [5.74, 6) is 0.582. The Morgan fingerprint density at radius 2 is 2.32 bits per heavy atom. The summed E-state index contributed by atoms with van der Waals surface area (Å²) < 4.78 is 5.17. The van der Waals surface area contributed by atoms with Gasteiger partial charge in [-0.15, -0.1) is 0 Å². The van der Waals surface area contributed by atoms with Gasteiger partial charge in [0.05, 0.1) is 23.6 Å². The Labute approximate surface area is 133 Å². The fourth-order valence-corrected chi connectivity index (χ4v) is 3.02. The van der Waals surface area contributed by atoms with Crippen LogP contribution < -0.4 is 5.32 Å². The van der Waals surface area contributed by atoms with Gasteiger partial charge in [-0.25, -0.2) is 4.98 Å². The van der Waals surface area contributed by atoms with Crippen LogP contribution >= 0.6 is 11.8 Å². The van der Waals surface area contributed by atoms with Gasteiger partial charge < -0.3 is 9.73 Å². The van der Waals surface area contributed by atoms with E-state index in [1.165, 1.54) is 11.8 Å². The summed E-state index contributed by atoms with van der Waals surface area (Å²) in [6.45, 7) is 5.89. The highest BCUT2D eigenvalue weighted by Gasteiger charge is 2.18. The Bertz CT molecular complexity index is 705. The zero-order chi connectivity index (χ0) is 16.1. The lowest BCUT2D eigenvalue weighted by Gasteiger charge is -2.13. The molecule has 0 aliphatic rings. The van der Waals surface area contributed by atoms with Crippen molar-refractivity contribution in [3.63, 3.8) is 0 Å². The molecule has 6 heteroatoms. The van der Waals surface area contributed by atoms with Gasteiger partial charge in [0.1, 0.15) is 16.9 Å². The molecule has 0 fully saturated rings. The number of aromatic nitrogens is 1. The number of furan rings is 1. The number of rotatable bonds is 5. The van der Waals surface area contributed by atoms with Crippen molar-refractivity contribution in [2.24, 2.45) is 0 Å². The van der Waals surface area contributed by atoms with Gasteiger partial charge in [0.2, 0.25) is 5.91 Å². The van der Waals surface area contributed by atoms with Crippen LogP contribution in [0.25, 0.3) is 0 Å². The molecule has 1 atom stereocenters. The first-order valence-electron chi connectivity index (χ1n) is 6.86. The SMILES string of the molecule is Cc1cc(C)c(C#N)c(S[C@H](C)C(=O)NCc2ccco2)n1. The second kappa shape index (κ2) is 7.14. The Balaban J connectivity index is 2.04. The lowest BCUT2D eigenvalue weighted by atomic mass is 10.1. The van der Waals surface area contributed by atoms with Crippen molar-refractivity contribution in [2.75, 3.05) is 0 Å². The zero-order valence-corrected chi connectivity index (χ0v) is 13.5. The van der Waals surface area contributed by atoms with Crippen molar-refractivity contribution >= 4 is 17.7 Å². The molecular weight excluding hydrogens is 298 g/mol. The van der Waals surface area contributed by atoms with Crippen LogP contribution in [0.5, 0.6) is 0 Å². The molecule has 2 heterocycles. The van der Waals surface area contributed by atoms with Crippen LogP contribution in [0.1, 0.15) is 29.5 Å². The van der Waals surface area contributed by atoms with Crippen LogP contribution in [0, 0.1) is 25.2 Å². The number of hydrogen-bond acceptors (Lipinski definition) is 5. The van der Waals surface area contributed by atoms with Gasteiger partial charge in [-0.1, -0.05) is 11.8 Å². The first-order chi connectivity index (χ1) is 10.5. The summed E-state index contributed by atoms with van der Waals surface area (Å²) in [5, 5.41) is 12.3. The monoisotopic (exact) mass is 315 g/mol. The van der Waals surface area contributed by atoms with Crippen LogP contribution in [-0.2, 0) is 11.3 Å². The molecule has 0 aliphatic heterocycles. The molecule has 2 aromatic heterocycles. The Kier molecular flexibility index (Phi) is 5.23. The highest BCUT2D eigenvalue weighted by molar-refractivity contribution is 8.00. The smallest absolute Gasteiger partial charge is 0.233 e. The number of carbonyl (C=O) groups excluding carboxylic acids is 1. The van der Waals surface area contributed by atoms with E-state index >= 15 is 0 Å². The standard InChI is InChI=1S/C16H17N3O2S/c1-10-7-11(2)19-16(14(10)8-17)22-12(3)15(20)18-9-13-5-4-6-21-13/h4-7,12H,9H2,1-3H3,(H,18,20)/t12-/m1/s1. The van der Waals surface area contributed by atoms with E-state index in [1.54, 1.807) is 25.3 Å². The molecule has 2 aromatic rings. The third kappa shape index (κ3) is 3.89. The van der Waals surface area contributed by atoms with Gasteiger partial charge in [0.25, 0.3) is 0 Å². The lowest BCUT2D eigenvalue weighted by Crippen LogP contribution is -2.30. The molecule has 0 aliphatic carbocycles. The van der Waals surface area contributed by atoms with Gasteiger partial charge in [-0.3, -0.25) is 4.79 Å². The summed E-state index contributed by atoms with van der Waals surface area (Å²) >= 11 is 1.29. The van der Waals surface area contributed by atoms with Crippen LogP contribution in [0.2, 0.25) is 0 Å². The summed E-state index contributed by atoms with van der Waals surface area (Å²) in [7, 11) is 0. The van der Waals surface area contributed by atoms with Crippen molar-refractivity contribution in [1.82, 2.24) is 10.3 Å². The Morgan fingerprint density at radius 1 is 1.55 bits per heavy atom. The zero-order valence-electron chi connectivity index (χ0n) is 12.7. The van der Waals surface area contributed by atoms with E-state index < -0.39 is 0 Å². The molecule has 114 valence electrons. The number of nitrogens with one attached hydrogen (secondary N) is 1. The number of nitrogens with zero attached hydrogens (tertiary/aromatic N) is 2. The largest absolute Gasteiger partial charge is 0.467 e. The van der Waals surface area contributed by atoms with Gasteiger partial charge in [0.15, 0.2) is 0 Å². The van der Waals surface area contributed by atoms with Crippen molar-refractivity contribution in [3.8, 4) is 6.07 Å². The van der Waals surface area contributed by atoms with E-state index in [1.807, 2.05) is 19.9 Å². The maximum Gasteiger partial charge on any atom is 0.233 e. The fourth-order valence-electron chi connectivity index (χ4n) is 1.98. The Hall–Kier alpha value is -2.26. The van der Waals surface area contributed by atoms with Gasteiger partial charge in [-0.2, -0.15) is 5.26 Å². The average molecular weight is 315 g/mol. The lowest BCUT2D eigenvalue weighted by molar-refractivity contribution is -0.120. The van der Waals surface area contributed by atoms with Crippen molar-refractivity contribution < 1.29 is 9.21 Å². The van der Waals surface area contributed by atoms with E-state index in [2.05, 4.69) is 16.4 Å². The number of aryl methyl sites for hydroxylation is 2.